The summed E-state index contributed by atoms with van der Waals surface area (Å²) in [4.78, 5) is 27.5. The van der Waals surface area contributed by atoms with Gasteiger partial charge in [-0.25, -0.2) is 9.59 Å². The summed E-state index contributed by atoms with van der Waals surface area (Å²) in [6, 6.07) is -0.695. The lowest BCUT2D eigenvalue weighted by Gasteiger charge is -2.36. The normalized spacial score (nSPS) is 28.9. The van der Waals surface area contributed by atoms with Gasteiger partial charge in [0.1, 0.15) is 6.04 Å². The predicted molar refractivity (Wildman–Crippen MR) is 76.5 cm³/mol. The van der Waals surface area contributed by atoms with Crippen LogP contribution in [0.5, 0.6) is 0 Å². The van der Waals surface area contributed by atoms with Crippen molar-refractivity contribution in [1.82, 2.24) is 9.80 Å². The lowest BCUT2D eigenvalue weighted by atomic mass is 9.85. The zero-order valence-corrected chi connectivity index (χ0v) is 12.1. The van der Waals surface area contributed by atoms with Gasteiger partial charge in [-0.05, 0) is 32.1 Å². The van der Waals surface area contributed by atoms with Gasteiger partial charge in [0, 0.05) is 19.1 Å². The molecule has 2 amide bonds. The van der Waals surface area contributed by atoms with E-state index in [2.05, 4.69) is 6.58 Å². The molecule has 1 heterocycles. The molecule has 20 heavy (non-hydrogen) atoms. The van der Waals surface area contributed by atoms with Gasteiger partial charge >= 0.3 is 12.0 Å². The Hall–Kier alpha value is -1.52. The SMILES string of the molecule is C=CCN(CC)C(=O)N1C(C(=O)O)CC2CCCCC21. The highest BCUT2D eigenvalue weighted by atomic mass is 16.4. The second-order valence-electron chi connectivity index (χ2n) is 5.72. The van der Waals surface area contributed by atoms with Gasteiger partial charge in [0.05, 0.1) is 0 Å². The average molecular weight is 280 g/mol. The third-order valence-electron chi connectivity index (χ3n) is 4.60. The van der Waals surface area contributed by atoms with Gasteiger partial charge in [-0.2, -0.15) is 0 Å². The van der Waals surface area contributed by atoms with Crippen LogP contribution < -0.4 is 0 Å². The molecule has 1 aliphatic carbocycles. The molecule has 3 atom stereocenters. The van der Waals surface area contributed by atoms with E-state index in [1.807, 2.05) is 6.92 Å². The van der Waals surface area contributed by atoms with Crippen LogP contribution in [0.1, 0.15) is 39.0 Å². The van der Waals surface area contributed by atoms with Crippen molar-refractivity contribution < 1.29 is 14.7 Å². The van der Waals surface area contributed by atoms with Crippen LogP contribution in [0.4, 0.5) is 4.79 Å². The molecule has 1 saturated heterocycles. The maximum Gasteiger partial charge on any atom is 0.326 e. The molecule has 1 N–H and O–H groups in total. The smallest absolute Gasteiger partial charge is 0.326 e. The number of likely N-dealkylation sites (tertiary alicyclic amines) is 1. The number of fused-ring (bicyclic) bond motifs is 1. The first-order valence-electron chi connectivity index (χ1n) is 7.51. The van der Waals surface area contributed by atoms with Crippen LogP contribution in [0.2, 0.25) is 0 Å². The number of urea groups is 1. The summed E-state index contributed by atoms with van der Waals surface area (Å²) in [7, 11) is 0. The second kappa shape index (κ2) is 6.29. The van der Waals surface area contributed by atoms with E-state index in [1.54, 1.807) is 15.9 Å². The first-order chi connectivity index (χ1) is 9.60. The Morgan fingerprint density at radius 1 is 1.40 bits per heavy atom. The number of amides is 2. The Balaban J connectivity index is 2.21. The highest BCUT2D eigenvalue weighted by Crippen LogP contribution is 2.40. The van der Waals surface area contributed by atoms with E-state index in [0.29, 0.717) is 25.4 Å². The number of likely N-dealkylation sites (N-methyl/N-ethyl adjacent to an activating group) is 1. The molecule has 0 aromatic rings. The van der Waals surface area contributed by atoms with E-state index < -0.39 is 12.0 Å². The van der Waals surface area contributed by atoms with Gasteiger partial charge < -0.3 is 14.9 Å². The van der Waals surface area contributed by atoms with E-state index in [0.717, 1.165) is 25.7 Å². The third-order valence-corrected chi connectivity index (χ3v) is 4.60. The minimum Gasteiger partial charge on any atom is -0.480 e. The lowest BCUT2D eigenvalue weighted by molar-refractivity contribution is -0.141. The van der Waals surface area contributed by atoms with E-state index in [4.69, 9.17) is 0 Å². The maximum absolute atomic E-state index is 12.7. The summed E-state index contributed by atoms with van der Waals surface area (Å²) in [6.07, 6.45) is 6.52. The Morgan fingerprint density at radius 3 is 2.70 bits per heavy atom. The van der Waals surface area contributed by atoms with Gasteiger partial charge in [0.2, 0.25) is 0 Å². The molecule has 0 spiro atoms. The number of hydrogen-bond donors (Lipinski definition) is 1. The molecule has 2 fully saturated rings. The Labute approximate surface area is 120 Å². The van der Waals surface area contributed by atoms with Crippen molar-refractivity contribution in [3.8, 4) is 0 Å². The Morgan fingerprint density at radius 2 is 2.10 bits per heavy atom. The molecule has 2 aliphatic rings. The van der Waals surface area contributed by atoms with Crippen LogP contribution >= 0.6 is 0 Å². The van der Waals surface area contributed by atoms with Gasteiger partial charge in [-0.1, -0.05) is 18.9 Å². The standard InChI is InChI=1S/C15H24N2O3/c1-3-9-16(4-2)15(20)17-12-8-6-5-7-11(12)10-13(17)14(18)19/h3,11-13H,1,4-10H2,2H3,(H,18,19). The third kappa shape index (κ3) is 2.67. The van der Waals surface area contributed by atoms with E-state index in [-0.39, 0.29) is 12.1 Å². The molecule has 5 heteroatoms. The van der Waals surface area contributed by atoms with Crippen molar-refractivity contribution in [3.05, 3.63) is 12.7 Å². The van der Waals surface area contributed by atoms with Crippen LogP contribution in [-0.4, -0.2) is 52.1 Å². The van der Waals surface area contributed by atoms with Crippen molar-refractivity contribution in [2.45, 2.75) is 51.1 Å². The van der Waals surface area contributed by atoms with Gasteiger partial charge in [0.15, 0.2) is 0 Å². The monoisotopic (exact) mass is 280 g/mol. The fourth-order valence-electron chi connectivity index (χ4n) is 3.62. The van der Waals surface area contributed by atoms with Crippen molar-refractivity contribution >= 4 is 12.0 Å². The molecule has 5 nitrogen and oxygen atoms in total. The van der Waals surface area contributed by atoms with Crippen LogP contribution in [-0.2, 0) is 4.79 Å². The van der Waals surface area contributed by atoms with Crippen molar-refractivity contribution in [1.29, 1.82) is 0 Å². The Bertz CT molecular complexity index is 397. The van der Waals surface area contributed by atoms with Gasteiger partial charge in [-0.3, -0.25) is 0 Å². The first kappa shape index (κ1) is 14.9. The predicted octanol–water partition coefficient (Wildman–Crippen LogP) is 2.33. The minimum atomic E-state index is -0.873. The topological polar surface area (TPSA) is 60.9 Å². The minimum absolute atomic E-state index is 0.108. The zero-order valence-electron chi connectivity index (χ0n) is 12.1. The quantitative estimate of drug-likeness (QED) is 0.804. The van der Waals surface area contributed by atoms with Crippen molar-refractivity contribution in [2.75, 3.05) is 13.1 Å². The number of carbonyl (C=O) groups excluding carboxylic acids is 1. The number of carboxylic acids is 1. The summed E-state index contributed by atoms with van der Waals surface area (Å²) in [5, 5.41) is 9.43. The molecule has 112 valence electrons. The average Bonchev–Trinajstić information content (AvgIpc) is 2.83. The van der Waals surface area contributed by atoms with Crippen LogP contribution in [0.3, 0.4) is 0 Å². The van der Waals surface area contributed by atoms with E-state index in [1.165, 1.54) is 0 Å². The zero-order chi connectivity index (χ0) is 14.7. The van der Waals surface area contributed by atoms with Gasteiger partial charge in [0.25, 0.3) is 0 Å². The molecule has 1 saturated carbocycles. The second-order valence-corrected chi connectivity index (χ2v) is 5.72. The first-order valence-corrected chi connectivity index (χ1v) is 7.51. The van der Waals surface area contributed by atoms with E-state index in [9.17, 15) is 14.7 Å². The van der Waals surface area contributed by atoms with E-state index >= 15 is 0 Å². The summed E-state index contributed by atoms with van der Waals surface area (Å²) in [5.74, 6) is -0.515. The molecular weight excluding hydrogens is 256 g/mol. The molecule has 3 unspecified atom stereocenters. The molecule has 0 bridgehead atoms. The number of nitrogens with zero attached hydrogens (tertiary/aromatic N) is 2. The van der Waals surface area contributed by atoms with Gasteiger partial charge in [-0.15, -0.1) is 6.58 Å². The largest absolute Gasteiger partial charge is 0.480 e. The number of hydrogen-bond acceptors (Lipinski definition) is 2. The summed E-state index contributed by atoms with van der Waals surface area (Å²) >= 11 is 0. The van der Waals surface area contributed by atoms with Crippen LogP contribution in [0.25, 0.3) is 0 Å². The molecular formula is C15H24N2O3. The number of carboxylic acid groups (broad SMARTS) is 1. The van der Waals surface area contributed by atoms with Crippen molar-refractivity contribution in [2.24, 2.45) is 5.92 Å². The lowest BCUT2D eigenvalue weighted by Crippen LogP contribution is -2.52. The molecule has 0 aromatic heterocycles. The van der Waals surface area contributed by atoms with Crippen LogP contribution in [0.15, 0.2) is 12.7 Å². The number of aliphatic carboxylic acids is 1. The number of carbonyl (C=O) groups is 2. The van der Waals surface area contributed by atoms with Crippen molar-refractivity contribution in [3.63, 3.8) is 0 Å². The molecule has 0 radical (unpaired) electrons. The van der Waals surface area contributed by atoms with Crippen LogP contribution in [0, 0.1) is 5.92 Å². The molecule has 1 aliphatic heterocycles. The fourth-order valence-corrected chi connectivity index (χ4v) is 3.62. The highest BCUT2D eigenvalue weighted by molar-refractivity contribution is 5.84. The molecule has 2 rings (SSSR count). The highest BCUT2D eigenvalue weighted by Gasteiger charge is 2.48. The summed E-state index contributed by atoms with van der Waals surface area (Å²) in [5.41, 5.74) is 0. The maximum atomic E-state index is 12.7. The molecule has 0 aromatic carbocycles. The summed E-state index contributed by atoms with van der Waals surface area (Å²) in [6.45, 7) is 6.61. The Kier molecular flexibility index (Phi) is 4.68. The number of rotatable bonds is 4. The summed E-state index contributed by atoms with van der Waals surface area (Å²) < 4.78 is 0. The fraction of sp³-hybridized carbons (Fsp3) is 0.733.